The molecule has 4 nitrogen and oxygen atoms in total. The molecule has 0 fully saturated rings. The van der Waals surface area contributed by atoms with Gasteiger partial charge in [-0.1, -0.05) is 35.9 Å². The Morgan fingerprint density at radius 3 is 2.21 bits per heavy atom. The molecule has 0 aliphatic heterocycles. The molecule has 0 unspecified atom stereocenters. The van der Waals surface area contributed by atoms with Gasteiger partial charge in [0.15, 0.2) is 5.78 Å². The molecule has 1 aliphatic carbocycles. The predicted octanol–water partition coefficient (Wildman–Crippen LogP) is 2.59. The van der Waals surface area contributed by atoms with Crippen molar-refractivity contribution in [2.45, 2.75) is 6.92 Å². The van der Waals surface area contributed by atoms with Crippen LogP contribution in [0.5, 0.6) is 0 Å². The molecule has 0 bridgehead atoms. The fourth-order valence-electron chi connectivity index (χ4n) is 1.77. The highest BCUT2D eigenvalue weighted by Crippen LogP contribution is 2.29. The average Bonchev–Trinajstić information content (AvgIpc) is 2.40. The van der Waals surface area contributed by atoms with Gasteiger partial charge in [-0.2, -0.15) is 0 Å². The SMILES string of the molecule is C/C(=C/C1=C(Cl)C(=O)c2ccccc2C1=O)C(=O)O. The minimum Gasteiger partial charge on any atom is -0.478 e. The van der Waals surface area contributed by atoms with E-state index >= 15 is 0 Å². The summed E-state index contributed by atoms with van der Waals surface area (Å²) in [5.74, 6) is -2.09. The van der Waals surface area contributed by atoms with E-state index in [2.05, 4.69) is 0 Å². The summed E-state index contributed by atoms with van der Waals surface area (Å²) in [4.78, 5) is 35.0. The van der Waals surface area contributed by atoms with Gasteiger partial charge in [0.1, 0.15) is 0 Å². The van der Waals surface area contributed by atoms with E-state index in [1.165, 1.54) is 19.1 Å². The summed E-state index contributed by atoms with van der Waals surface area (Å²) in [7, 11) is 0. The van der Waals surface area contributed by atoms with Gasteiger partial charge in [-0.25, -0.2) is 4.79 Å². The van der Waals surface area contributed by atoms with E-state index < -0.39 is 17.5 Å². The number of hydrogen-bond acceptors (Lipinski definition) is 3. The number of benzene rings is 1. The lowest BCUT2D eigenvalue weighted by Gasteiger charge is -2.15. The molecule has 0 saturated heterocycles. The third kappa shape index (κ3) is 2.22. The molecule has 0 saturated carbocycles. The van der Waals surface area contributed by atoms with Gasteiger partial charge >= 0.3 is 5.97 Å². The molecule has 0 aromatic heterocycles. The second-order valence-corrected chi connectivity index (χ2v) is 4.44. The van der Waals surface area contributed by atoms with Gasteiger partial charge in [-0.05, 0) is 13.0 Å². The van der Waals surface area contributed by atoms with Crippen LogP contribution in [0.15, 0.2) is 46.5 Å². The maximum absolute atomic E-state index is 12.2. The molecule has 0 atom stereocenters. The maximum Gasteiger partial charge on any atom is 0.331 e. The number of fused-ring (bicyclic) bond motifs is 1. The second-order valence-electron chi connectivity index (χ2n) is 4.06. The van der Waals surface area contributed by atoms with E-state index in [0.29, 0.717) is 0 Å². The van der Waals surface area contributed by atoms with Gasteiger partial charge in [0.2, 0.25) is 5.78 Å². The number of rotatable bonds is 2. The normalized spacial score (nSPS) is 15.6. The number of halogens is 1. The molecule has 1 N–H and O–H groups in total. The third-order valence-electron chi connectivity index (χ3n) is 2.79. The Labute approximate surface area is 114 Å². The van der Waals surface area contributed by atoms with Crippen molar-refractivity contribution >= 4 is 29.1 Å². The van der Waals surface area contributed by atoms with Crippen LogP contribution < -0.4 is 0 Å². The van der Waals surface area contributed by atoms with Crippen LogP contribution in [-0.4, -0.2) is 22.6 Å². The lowest BCUT2D eigenvalue weighted by Crippen LogP contribution is -2.19. The maximum atomic E-state index is 12.2. The van der Waals surface area contributed by atoms with Crippen molar-refractivity contribution in [1.82, 2.24) is 0 Å². The molecule has 96 valence electrons. The summed E-state index contributed by atoms with van der Waals surface area (Å²) in [5.41, 5.74) is 0.336. The average molecular weight is 277 g/mol. The molecule has 2 rings (SSSR count). The van der Waals surface area contributed by atoms with Gasteiger partial charge in [0, 0.05) is 22.3 Å². The number of Topliss-reactive ketones (excluding diaryl/α,β-unsaturated/α-hetero) is 2. The van der Waals surface area contributed by atoms with Gasteiger partial charge < -0.3 is 5.11 Å². The van der Waals surface area contributed by atoms with E-state index in [9.17, 15) is 14.4 Å². The van der Waals surface area contributed by atoms with Crippen LogP contribution in [0.3, 0.4) is 0 Å². The fraction of sp³-hybridized carbons (Fsp3) is 0.0714. The molecule has 0 heterocycles. The molecule has 0 radical (unpaired) electrons. The fourth-order valence-corrected chi connectivity index (χ4v) is 2.01. The number of allylic oxidation sites excluding steroid dienone is 3. The number of carboxylic acid groups (broad SMARTS) is 1. The number of ketones is 2. The zero-order valence-electron chi connectivity index (χ0n) is 9.94. The molecule has 1 aromatic rings. The Balaban J connectivity index is 2.61. The van der Waals surface area contributed by atoms with Crippen molar-refractivity contribution in [2.75, 3.05) is 0 Å². The lowest BCUT2D eigenvalue weighted by atomic mass is 9.88. The highest BCUT2D eigenvalue weighted by Gasteiger charge is 2.30. The van der Waals surface area contributed by atoms with E-state index in [1.807, 2.05) is 0 Å². The van der Waals surface area contributed by atoms with Gasteiger partial charge in [0.05, 0.1) is 5.03 Å². The monoisotopic (exact) mass is 276 g/mol. The quantitative estimate of drug-likeness (QED) is 0.843. The van der Waals surface area contributed by atoms with Gasteiger partial charge in [-0.15, -0.1) is 0 Å². The molecule has 1 aromatic carbocycles. The number of carboxylic acids is 1. The Morgan fingerprint density at radius 1 is 1.16 bits per heavy atom. The van der Waals surface area contributed by atoms with Crippen LogP contribution >= 0.6 is 11.6 Å². The first-order valence-corrected chi connectivity index (χ1v) is 5.81. The molecule has 0 spiro atoms. The summed E-state index contributed by atoms with van der Waals surface area (Å²) in [6.45, 7) is 1.33. The van der Waals surface area contributed by atoms with E-state index in [4.69, 9.17) is 16.7 Å². The first-order valence-electron chi connectivity index (χ1n) is 5.43. The van der Waals surface area contributed by atoms with Crippen LogP contribution in [0.25, 0.3) is 0 Å². The standard InChI is InChI=1S/C14H9ClO4/c1-7(14(18)19)6-10-11(15)13(17)9-5-3-2-4-8(9)12(10)16/h2-6H,1H3,(H,18,19)/b7-6-. The largest absolute Gasteiger partial charge is 0.478 e. The van der Waals surface area contributed by atoms with E-state index in [1.54, 1.807) is 12.1 Å². The van der Waals surface area contributed by atoms with E-state index in [0.717, 1.165) is 6.08 Å². The first-order chi connectivity index (χ1) is 8.93. The number of carbonyl (C=O) groups is 3. The number of hydrogen-bond donors (Lipinski definition) is 1. The number of aliphatic carboxylic acids is 1. The van der Waals surface area contributed by atoms with Crippen LogP contribution in [0.4, 0.5) is 0 Å². The van der Waals surface area contributed by atoms with E-state index in [-0.39, 0.29) is 27.3 Å². The Hall–Kier alpha value is -2.20. The molecular weight excluding hydrogens is 268 g/mol. The molecular formula is C14H9ClO4. The van der Waals surface area contributed by atoms with Crippen molar-refractivity contribution in [2.24, 2.45) is 0 Å². The summed E-state index contributed by atoms with van der Waals surface area (Å²) >= 11 is 5.88. The Morgan fingerprint density at radius 2 is 1.68 bits per heavy atom. The number of carbonyl (C=O) groups excluding carboxylic acids is 2. The van der Waals surface area contributed by atoms with Gasteiger partial charge in [-0.3, -0.25) is 9.59 Å². The molecule has 19 heavy (non-hydrogen) atoms. The summed E-state index contributed by atoms with van der Waals surface area (Å²) in [6.07, 6.45) is 1.13. The summed E-state index contributed by atoms with van der Waals surface area (Å²) in [6, 6.07) is 6.30. The van der Waals surface area contributed by atoms with Crippen LogP contribution in [0, 0.1) is 0 Å². The smallest absolute Gasteiger partial charge is 0.331 e. The minimum atomic E-state index is -1.17. The van der Waals surface area contributed by atoms with Crippen LogP contribution in [0.1, 0.15) is 27.6 Å². The first kappa shape index (κ1) is 13.2. The zero-order chi connectivity index (χ0) is 14.2. The van der Waals surface area contributed by atoms with Crippen molar-refractivity contribution in [3.8, 4) is 0 Å². The van der Waals surface area contributed by atoms with Crippen molar-refractivity contribution < 1.29 is 19.5 Å². The third-order valence-corrected chi connectivity index (χ3v) is 3.17. The van der Waals surface area contributed by atoms with Crippen molar-refractivity contribution in [3.05, 3.63) is 57.6 Å². The summed E-state index contributed by atoms with van der Waals surface area (Å²) in [5, 5.41) is 8.57. The Bertz CT molecular complexity index is 668. The van der Waals surface area contributed by atoms with Crippen LogP contribution in [-0.2, 0) is 4.79 Å². The summed E-state index contributed by atoms with van der Waals surface area (Å²) < 4.78 is 0. The second kappa shape index (κ2) is 4.82. The molecule has 5 heteroatoms. The Kier molecular flexibility index (Phi) is 3.36. The highest BCUT2D eigenvalue weighted by atomic mass is 35.5. The van der Waals surface area contributed by atoms with Crippen molar-refractivity contribution in [3.63, 3.8) is 0 Å². The molecule has 0 amide bonds. The van der Waals surface area contributed by atoms with Gasteiger partial charge in [0.25, 0.3) is 0 Å². The lowest BCUT2D eigenvalue weighted by molar-refractivity contribution is -0.132. The minimum absolute atomic E-state index is 0.0614. The topological polar surface area (TPSA) is 71.4 Å². The van der Waals surface area contributed by atoms with Crippen LogP contribution in [0.2, 0.25) is 0 Å². The molecule has 1 aliphatic rings. The highest BCUT2D eigenvalue weighted by molar-refractivity contribution is 6.50. The van der Waals surface area contributed by atoms with Crippen molar-refractivity contribution in [1.29, 1.82) is 0 Å². The predicted molar refractivity (Wildman–Crippen MR) is 69.4 cm³/mol. The zero-order valence-corrected chi connectivity index (χ0v) is 10.7.